The molecule has 2 aromatic rings. The maximum Gasteiger partial charge on any atom is 0.226 e. The van der Waals surface area contributed by atoms with Gasteiger partial charge in [-0.05, 0) is 24.8 Å². The molecule has 0 saturated carbocycles. The molecule has 2 fully saturated rings. The van der Waals surface area contributed by atoms with Crippen molar-refractivity contribution in [1.29, 1.82) is 0 Å². The van der Waals surface area contributed by atoms with Crippen LogP contribution in [0.4, 0.5) is 5.95 Å². The Hall–Kier alpha value is -2.63. The molecule has 130 valence electrons. The van der Waals surface area contributed by atoms with Crippen LogP contribution in [0.1, 0.15) is 24.8 Å². The fourth-order valence-electron chi connectivity index (χ4n) is 3.62. The van der Waals surface area contributed by atoms with Crippen molar-refractivity contribution in [3.05, 3.63) is 48.3 Å². The number of carbonyl (C=O) groups is 1. The van der Waals surface area contributed by atoms with Crippen LogP contribution in [0, 0.1) is 5.41 Å². The SMILES string of the molecule is O=C1NCCC12CCN(c1ncc(OCc3ccccc3)cn1)CC2. The molecular formula is C19H22N4O2. The molecule has 1 aromatic carbocycles. The Morgan fingerprint density at radius 1 is 1.08 bits per heavy atom. The van der Waals surface area contributed by atoms with Crippen LogP contribution in [0.15, 0.2) is 42.7 Å². The van der Waals surface area contributed by atoms with E-state index >= 15 is 0 Å². The first-order valence-electron chi connectivity index (χ1n) is 8.77. The number of piperidine rings is 1. The van der Waals surface area contributed by atoms with E-state index in [9.17, 15) is 4.79 Å². The number of ether oxygens (including phenoxy) is 1. The van der Waals surface area contributed by atoms with Gasteiger partial charge in [0.1, 0.15) is 6.61 Å². The van der Waals surface area contributed by atoms with E-state index in [0.717, 1.165) is 44.5 Å². The molecule has 1 amide bonds. The number of anilines is 1. The van der Waals surface area contributed by atoms with Gasteiger partial charge in [0.15, 0.2) is 5.75 Å². The molecule has 25 heavy (non-hydrogen) atoms. The van der Waals surface area contributed by atoms with Crippen LogP contribution >= 0.6 is 0 Å². The predicted octanol–water partition coefficient (Wildman–Crippen LogP) is 2.16. The average molecular weight is 338 g/mol. The van der Waals surface area contributed by atoms with Crippen molar-refractivity contribution >= 4 is 11.9 Å². The van der Waals surface area contributed by atoms with Crippen LogP contribution < -0.4 is 15.0 Å². The molecule has 1 spiro atoms. The lowest BCUT2D eigenvalue weighted by Gasteiger charge is -2.37. The van der Waals surface area contributed by atoms with Crippen molar-refractivity contribution in [2.45, 2.75) is 25.9 Å². The van der Waals surface area contributed by atoms with Crippen molar-refractivity contribution in [2.24, 2.45) is 5.41 Å². The summed E-state index contributed by atoms with van der Waals surface area (Å²) in [4.78, 5) is 23.1. The molecule has 2 aliphatic heterocycles. The van der Waals surface area contributed by atoms with Gasteiger partial charge in [0, 0.05) is 19.6 Å². The highest BCUT2D eigenvalue weighted by molar-refractivity contribution is 5.85. The van der Waals surface area contributed by atoms with Crippen molar-refractivity contribution in [3.63, 3.8) is 0 Å². The number of nitrogens with one attached hydrogen (secondary N) is 1. The Labute approximate surface area is 147 Å². The topological polar surface area (TPSA) is 67.4 Å². The second-order valence-electron chi connectivity index (χ2n) is 6.77. The largest absolute Gasteiger partial charge is 0.486 e. The molecule has 0 radical (unpaired) electrons. The zero-order valence-electron chi connectivity index (χ0n) is 14.1. The molecule has 4 rings (SSSR count). The molecule has 1 N–H and O–H groups in total. The highest BCUT2D eigenvalue weighted by Gasteiger charge is 2.44. The third-order valence-electron chi connectivity index (χ3n) is 5.24. The number of nitrogens with zero attached hydrogens (tertiary/aromatic N) is 3. The first-order valence-corrected chi connectivity index (χ1v) is 8.77. The number of hydrogen-bond acceptors (Lipinski definition) is 5. The van der Waals surface area contributed by atoms with Gasteiger partial charge >= 0.3 is 0 Å². The van der Waals surface area contributed by atoms with E-state index in [4.69, 9.17) is 4.74 Å². The number of carbonyl (C=O) groups excluding carboxylic acids is 1. The molecule has 0 atom stereocenters. The van der Waals surface area contributed by atoms with Gasteiger partial charge in [-0.3, -0.25) is 4.79 Å². The van der Waals surface area contributed by atoms with E-state index in [1.165, 1.54) is 0 Å². The maximum atomic E-state index is 12.1. The van der Waals surface area contributed by atoms with Crippen LogP contribution in [0.2, 0.25) is 0 Å². The smallest absolute Gasteiger partial charge is 0.226 e. The van der Waals surface area contributed by atoms with E-state index in [1.807, 2.05) is 30.3 Å². The number of rotatable bonds is 4. The average Bonchev–Trinajstić information content (AvgIpc) is 3.02. The van der Waals surface area contributed by atoms with Gasteiger partial charge in [-0.25, -0.2) is 9.97 Å². The second kappa shape index (κ2) is 6.70. The fraction of sp³-hybridized carbons (Fsp3) is 0.421. The van der Waals surface area contributed by atoms with Crippen LogP contribution in [-0.2, 0) is 11.4 Å². The molecule has 1 aromatic heterocycles. The molecular weight excluding hydrogens is 316 g/mol. The van der Waals surface area contributed by atoms with Crippen LogP contribution in [0.25, 0.3) is 0 Å². The molecule has 3 heterocycles. The third kappa shape index (κ3) is 3.29. The van der Waals surface area contributed by atoms with Gasteiger partial charge in [-0.15, -0.1) is 0 Å². The minimum atomic E-state index is -0.158. The summed E-state index contributed by atoms with van der Waals surface area (Å²) in [5.74, 6) is 1.59. The van der Waals surface area contributed by atoms with Crippen molar-refractivity contribution in [1.82, 2.24) is 15.3 Å². The summed E-state index contributed by atoms with van der Waals surface area (Å²) in [6.45, 7) is 2.95. The number of benzene rings is 1. The molecule has 6 heteroatoms. The first-order chi connectivity index (χ1) is 12.3. The molecule has 0 unspecified atom stereocenters. The van der Waals surface area contributed by atoms with Gasteiger partial charge in [0.2, 0.25) is 11.9 Å². The second-order valence-corrected chi connectivity index (χ2v) is 6.77. The fourth-order valence-corrected chi connectivity index (χ4v) is 3.62. The molecule has 2 saturated heterocycles. The monoisotopic (exact) mass is 338 g/mol. The standard InChI is InChI=1S/C19H22N4O2/c24-17-19(6-9-20-17)7-10-23(11-8-19)18-21-12-16(13-22-18)25-14-15-4-2-1-3-5-15/h1-5,12-13H,6-11,14H2,(H,20,24). The van der Waals surface area contributed by atoms with Crippen LogP contribution in [0.3, 0.4) is 0 Å². The molecule has 0 bridgehead atoms. The molecule has 0 aliphatic carbocycles. The van der Waals surface area contributed by atoms with E-state index in [1.54, 1.807) is 12.4 Å². The van der Waals surface area contributed by atoms with Crippen LogP contribution in [-0.4, -0.2) is 35.5 Å². The number of hydrogen-bond donors (Lipinski definition) is 1. The van der Waals surface area contributed by atoms with Crippen molar-refractivity contribution in [2.75, 3.05) is 24.5 Å². The minimum Gasteiger partial charge on any atom is -0.486 e. The zero-order chi connectivity index (χ0) is 17.1. The molecule has 2 aliphatic rings. The van der Waals surface area contributed by atoms with Gasteiger partial charge in [-0.1, -0.05) is 30.3 Å². The summed E-state index contributed by atoms with van der Waals surface area (Å²) in [6, 6.07) is 10.0. The van der Waals surface area contributed by atoms with Crippen molar-refractivity contribution < 1.29 is 9.53 Å². The highest BCUT2D eigenvalue weighted by atomic mass is 16.5. The molecule has 6 nitrogen and oxygen atoms in total. The first kappa shape index (κ1) is 15.9. The quantitative estimate of drug-likeness (QED) is 0.925. The van der Waals surface area contributed by atoms with Gasteiger partial charge < -0.3 is 15.0 Å². The van der Waals surface area contributed by atoms with Crippen molar-refractivity contribution in [3.8, 4) is 5.75 Å². The summed E-state index contributed by atoms with van der Waals surface area (Å²) in [7, 11) is 0. The Balaban J connectivity index is 1.34. The van der Waals surface area contributed by atoms with E-state index < -0.39 is 0 Å². The summed E-state index contributed by atoms with van der Waals surface area (Å²) in [5.41, 5.74) is 0.956. The van der Waals surface area contributed by atoms with Gasteiger partial charge in [-0.2, -0.15) is 0 Å². The summed E-state index contributed by atoms with van der Waals surface area (Å²) < 4.78 is 5.73. The maximum absolute atomic E-state index is 12.1. The van der Waals surface area contributed by atoms with E-state index in [2.05, 4.69) is 20.2 Å². The normalized spacial score (nSPS) is 19.0. The van der Waals surface area contributed by atoms with Gasteiger partial charge in [0.05, 0.1) is 17.8 Å². The Bertz CT molecular complexity index is 725. The zero-order valence-corrected chi connectivity index (χ0v) is 14.1. The number of aromatic nitrogens is 2. The predicted molar refractivity (Wildman–Crippen MR) is 94.3 cm³/mol. The lowest BCUT2D eigenvalue weighted by atomic mass is 9.77. The Morgan fingerprint density at radius 3 is 2.44 bits per heavy atom. The summed E-state index contributed by atoms with van der Waals surface area (Å²) >= 11 is 0. The Kier molecular flexibility index (Phi) is 4.26. The third-order valence-corrected chi connectivity index (χ3v) is 5.24. The minimum absolute atomic E-state index is 0.158. The van der Waals surface area contributed by atoms with Crippen LogP contribution in [0.5, 0.6) is 5.75 Å². The lowest BCUT2D eigenvalue weighted by molar-refractivity contribution is -0.128. The summed E-state index contributed by atoms with van der Waals surface area (Å²) in [6.07, 6.45) is 6.13. The lowest BCUT2D eigenvalue weighted by Crippen LogP contribution is -2.44. The van der Waals surface area contributed by atoms with E-state index in [-0.39, 0.29) is 11.3 Å². The number of amides is 1. The van der Waals surface area contributed by atoms with Gasteiger partial charge in [0.25, 0.3) is 0 Å². The van der Waals surface area contributed by atoms with E-state index in [0.29, 0.717) is 18.3 Å². The summed E-state index contributed by atoms with van der Waals surface area (Å²) in [5, 5.41) is 2.96. The Morgan fingerprint density at radius 2 is 1.80 bits per heavy atom. The highest BCUT2D eigenvalue weighted by Crippen LogP contribution is 2.38.